The third-order valence-electron chi connectivity index (χ3n) is 3.66. The van der Waals surface area contributed by atoms with Crippen LogP contribution in [0, 0.1) is 5.41 Å². The minimum absolute atomic E-state index is 0.545. The Balaban J connectivity index is 1.98. The van der Waals surface area contributed by atoms with Crippen LogP contribution in [0.15, 0.2) is 28.7 Å². The average Bonchev–Trinajstić information content (AvgIpc) is 2.25. The molecule has 1 saturated carbocycles. The molecule has 0 aliphatic heterocycles. The molecule has 16 heavy (non-hydrogen) atoms. The minimum Gasteiger partial charge on any atom is -0.316 e. The zero-order valence-corrected chi connectivity index (χ0v) is 11.5. The van der Waals surface area contributed by atoms with Crippen LogP contribution in [0.25, 0.3) is 0 Å². The van der Waals surface area contributed by atoms with Crippen molar-refractivity contribution in [1.82, 2.24) is 5.32 Å². The van der Waals surface area contributed by atoms with Crippen LogP contribution in [-0.2, 0) is 6.42 Å². The van der Waals surface area contributed by atoms with Gasteiger partial charge in [-0.15, -0.1) is 0 Å². The maximum absolute atomic E-state index is 3.51. The Morgan fingerprint density at radius 3 is 2.44 bits per heavy atom. The highest BCUT2D eigenvalue weighted by Crippen LogP contribution is 2.43. The maximum atomic E-state index is 3.51. The summed E-state index contributed by atoms with van der Waals surface area (Å²) in [4.78, 5) is 0. The molecule has 0 amide bonds. The van der Waals surface area contributed by atoms with Crippen LogP contribution in [0.1, 0.15) is 31.7 Å². The Bertz CT molecular complexity index is 327. The van der Waals surface area contributed by atoms with Gasteiger partial charge in [-0.3, -0.25) is 0 Å². The molecule has 1 N–H and O–H groups in total. The van der Waals surface area contributed by atoms with Crippen LogP contribution < -0.4 is 5.32 Å². The van der Waals surface area contributed by atoms with Crippen LogP contribution >= 0.6 is 15.9 Å². The van der Waals surface area contributed by atoms with Gasteiger partial charge in [-0.25, -0.2) is 0 Å². The third kappa shape index (κ3) is 2.86. The van der Waals surface area contributed by atoms with Gasteiger partial charge in [-0.1, -0.05) is 41.4 Å². The largest absolute Gasteiger partial charge is 0.316 e. The first kappa shape index (κ1) is 12.1. The van der Waals surface area contributed by atoms with Crippen molar-refractivity contribution < 1.29 is 0 Å². The molecule has 0 spiro atoms. The molecule has 1 aliphatic carbocycles. The first-order chi connectivity index (χ1) is 7.74. The summed E-state index contributed by atoms with van der Waals surface area (Å²) in [5.74, 6) is 0. The second-order valence-electron chi connectivity index (χ2n) is 4.94. The minimum atomic E-state index is 0.545. The monoisotopic (exact) mass is 281 g/mol. The van der Waals surface area contributed by atoms with Gasteiger partial charge in [0.25, 0.3) is 0 Å². The smallest absolute Gasteiger partial charge is 0.0175 e. The van der Waals surface area contributed by atoms with Crippen LogP contribution in [0.4, 0.5) is 0 Å². The zero-order chi connectivity index (χ0) is 11.4. The molecule has 2 rings (SSSR count). The van der Waals surface area contributed by atoms with Gasteiger partial charge >= 0.3 is 0 Å². The highest BCUT2D eigenvalue weighted by atomic mass is 79.9. The summed E-state index contributed by atoms with van der Waals surface area (Å²) >= 11 is 3.49. The SMILES string of the molecule is CCNCC1(Cc2ccc(Br)cc2)CCC1. The second-order valence-corrected chi connectivity index (χ2v) is 5.85. The molecular formula is C14H20BrN. The molecule has 2 heteroatoms. The van der Waals surface area contributed by atoms with Crippen molar-refractivity contribution in [3.63, 3.8) is 0 Å². The molecule has 0 atom stereocenters. The summed E-state index contributed by atoms with van der Waals surface area (Å²) in [5, 5.41) is 3.51. The van der Waals surface area contributed by atoms with E-state index in [1.165, 1.54) is 42.3 Å². The Morgan fingerprint density at radius 1 is 1.25 bits per heavy atom. The molecule has 88 valence electrons. The van der Waals surface area contributed by atoms with Crippen molar-refractivity contribution in [3.05, 3.63) is 34.3 Å². The number of hydrogen-bond donors (Lipinski definition) is 1. The van der Waals surface area contributed by atoms with E-state index in [9.17, 15) is 0 Å². The van der Waals surface area contributed by atoms with E-state index in [-0.39, 0.29) is 0 Å². The molecule has 0 saturated heterocycles. The highest BCUT2D eigenvalue weighted by molar-refractivity contribution is 9.10. The van der Waals surface area contributed by atoms with Gasteiger partial charge in [0.1, 0.15) is 0 Å². The molecule has 0 heterocycles. The van der Waals surface area contributed by atoms with E-state index in [0.717, 1.165) is 6.54 Å². The van der Waals surface area contributed by atoms with Crippen molar-refractivity contribution in [2.75, 3.05) is 13.1 Å². The number of hydrogen-bond acceptors (Lipinski definition) is 1. The molecule has 0 unspecified atom stereocenters. The van der Waals surface area contributed by atoms with Crippen LogP contribution in [0.3, 0.4) is 0 Å². The molecule has 1 aliphatic rings. The third-order valence-corrected chi connectivity index (χ3v) is 4.19. The van der Waals surface area contributed by atoms with Crippen molar-refractivity contribution in [2.24, 2.45) is 5.41 Å². The van der Waals surface area contributed by atoms with Crippen LogP contribution in [0.5, 0.6) is 0 Å². The first-order valence-corrected chi connectivity index (χ1v) is 6.99. The summed E-state index contributed by atoms with van der Waals surface area (Å²) in [7, 11) is 0. The predicted molar refractivity (Wildman–Crippen MR) is 72.7 cm³/mol. The van der Waals surface area contributed by atoms with E-state index < -0.39 is 0 Å². The summed E-state index contributed by atoms with van der Waals surface area (Å²) in [6, 6.07) is 8.79. The van der Waals surface area contributed by atoms with Crippen molar-refractivity contribution in [2.45, 2.75) is 32.6 Å². The van der Waals surface area contributed by atoms with Crippen LogP contribution in [0.2, 0.25) is 0 Å². The van der Waals surface area contributed by atoms with Gasteiger partial charge in [-0.05, 0) is 48.9 Å². The van der Waals surface area contributed by atoms with E-state index in [1.54, 1.807) is 0 Å². The molecular weight excluding hydrogens is 262 g/mol. The van der Waals surface area contributed by atoms with E-state index in [2.05, 4.69) is 52.4 Å². The summed E-state index contributed by atoms with van der Waals surface area (Å²) in [6.45, 7) is 4.45. The molecule has 1 nitrogen and oxygen atoms in total. The molecule has 1 aromatic carbocycles. The van der Waals surface area contributed by atoms with E-state index in [1.807, 2.05) is 0 Å². The maximum Gasteiger partial charge on any atom is 0.0175 e. The van der Waals surface area contributed by atoms with E-state index in [4.69, 9.17) is 0 Å². The molecule has 1 aromatic rings. The lowest BCUT2D eigenvalue weighted by Gasteiger charge is -2.42. The fraction of sp³-hybridized carbons (Fsp3) is 0.571. The number of benzene rings is 1. The number of rotatable bonds is 5. The number of nitrogens with one attached hydrogen (secondary N) is 1. The summed E-state index contributed by atoms with van der Waals surface area (Å²) in [6.07, 6.45) is 5.40. The summed E-state index contributed by atoms with van der Waals surface area (Å²) < 4.78 is 1.17. The Labute approximate surface area is 107 Å². The van der Waals surface area contributed by atoms with Gasteiger partial charge in [0.05, 0.1) is 0 Å². The summed E-state index contributed by atoms with van der Waals surface area (Å²) in [5.41, 5.74) is 2.02. The lowest BCUT2D eigenvalue weighted by Crippen LogP contribution is -2.41. The molecule has 1 fully saturated rings. The fourth-order valence-corrected chi connectivity index (χ4v) is 2.78. The lowest BCUT2D eigenvalue weighted by atomic mass is 9.65. The Kier molecular flexibility index (Phi) is 4.04. The van der Waals surface area contributed by atoms with Gasteiger partial charge in [0.2, 0.25) is 0 Å². The topological polar surface area (TPSA) is 12.0 Å². The van der Waals surface area contributed by atoms with Gasteiger partial charge in [0, 0.05) is 11.0 Å². The molecule has 0 radical (unpaired) electrons. The Morgan fingerprint density at radius 2 is 1.94 bits per heavy atom. The first-order valence-electron chi connectivity index (χ1n) is 6.19. The van der Waals surface area contributed by atoms with Gasteiger partial charge < -0.3 is 5.32 Å². The molecule has 0 aromatic heterocycles. The quantitative estimate of drug-likeness (QED) is 0.866. The standard InChI is InChI=1S/C14H20BrN/c1-2-16-11-14(8-3-9-14)10-12-4-6-13(15)7-5-12/h4-7,16H,2-3,8-11H2,1H3. The zero-order valence-electron chi connectivity index (χ0n) is 9.93. The van der Waals surface area contributed by atoms with Gasteiger partial charge in [0.15, 0.2) is 0 Å². The molecule has 0 bridgehead atoms. The average molecular weight is 282 g/mol. The number of halogens is 1. The van der Waals surface area contributed by atoms with Crippen LogP contribution in [-0.4, -0.2) is 13.1 Å². The van der Waals surface area contributed by atoms with Crippen molar-refractivity contribution in [1.29, 1.82) is 0 Å². The highest BCUT2D eigenvalue weighted by Gasteiger charge is 2.36. The normalized spacial score (nSPS) is 18.1. The van der Waals surface area contributed by atoms with E-state index >= 15 is 0 Å². The lowest BCUT2D eigenvalue weighted by molar-refractivity contribution is 0.131. The second kappa shape index (κ2) is 5.33. The predicted octanol–water partition coefficient (Wildman–Crippen LogP) is 3.77. The van der Waals surface area contributed by atoms with Crippen molar-refractivity contribution in [3.8, 4) is 0 Å². The Hall–Kier alpha value is -0.340. The van der Waals surface area contributed by atoms with E-state index in [0.29, 0.717) is 5.41 Å². The van der Waals surface area contributed by atoms with Crippen molar-refractivity contribution >= 4 is 15.9 Å². The van der Waals surface area contributed by atoms with Gasteiger partial charge in [-0.2, -0.15) is 0 Å². The fourth-order valence-electron chi connectivity index (χ4n) is 2.52.